The molecule has 0 radical (unpaired) electrons. The molecule has 0 spiro atoms. The first-order valence-corrected chi connectivity index (χ1v) is 12.8. The average Bonchev–Trinajstić information content (AvgIpc) is 3.38. The number of aryl methyl sites for hydroxylation is 1. The molecule has 0 fully saturated rings. The van der Waals surface area contributed by atoms with Crippen molar-refractivity contribution in [1.29, 1.82) is 0 Å². The number of anilines is 1. The van der Waals surface area contributed by atoms with Gasteiger partial charge in [-0.25, -0.2) is 4.90 Å². The number of fused-ring (bicyclic) bond motifs is 5. The molecule has 1 aliphatic heterocycles. The summed E-state index contributed by atoms with van der Waals surface area (Å²) in [5.74, 6) is -0.654. The van der Waals surface area contributed by atoms with Crippen LogP contribution in [0.5, 0.6) is 0 Å². The number of halogens is 1. The second-order valence-electron chi connectivity index (χ2n) is 9.46. The number of amides is 2. The third kappa shape index (κ3) is 3.11. The van der Waals surface area contributed by atoms with Crippen LogP contribution >= 0.6 is 11.6 Å². The highest BCUT2D eigenvalue weighted by Gasteiger charge is 2.43. The van der Waals surface area contributed by atoms with Gasteiger partial charge in [-0.1, -0.05) is 90.5 Å². The minimum Gasteiger partial charge on any atom is -0.343 e. The molecule has 182 valence electrons. The Morgan fingerprint density at radius 2 is 1.16 bits per heavy atom. The summed E-state index contributed by atoms with van der Waals surface area (Å²) in [5, 5.41) is 2.17. The molecule has 0 unspecified atom stereocenters. The monoisotopic (exact) mass is 512 g/mol. The van der Waals surface area contributed by atoms with Crippen molar-refractivity contribution < 1.29 is 9.59 Å². The molecular formula is C33H21ClN2O2. The summed E-state index contributed by atoms with van der Waals surface area (Å²) < 4.78 is 2.11. The number of imide groups is 1. The number of nitrogens with zero attached hydrogens (tertiary/aromatic N) is 2. The molecule has 6 aromatic rings. The van der Waals surface area contributed by atoms with Crippen molar-refractivity contribution in [1.82, 2.24) is 4.57 Å². The number of carbonyl (C=O) groups excluding carboxylic acids is 2. The smallest absolute Gasteiger partial charge is 0.266 e. The van der Waals surface area contributed by atoms with Gasteiger partial charge in [0.05, 0.1) is 22.3 Å². The lowest BCUT2D eigenvalue weighted by atomic mass is 9.85. The molecule has 2 amide bonds. The van der Waals surface area contributed by atoms with Crippen LogP contribution in [0.4, 0.5) is 5.69 Å². The van der Waals surface area contributed by atoms with Crippen molar-refractivity contribution in [2.45, 2.75) is 0 Å². The van der Waals surface area contributed by atoms with Gasteiger partial charge in [-0.05, 0) is 41.5 Å². The molecule has 2 heterocycles. The van der Waals surface area contributed by atoms with Gasteiger partial charge >= 0.3 is 0 Å². The van der Waals surface area contributed by atoms with Gasteiger partial charge in [0.15, 0.2) is 0 Å². The third-order valence-electron chi connectivity index (χ3n) is 7.37. The predicted octanol–water partition coefficient (Wildman–Crippen LogP) is 8.12. The zero-order valence-electron chi connectivity index (χ0n) is 20.5. The van der Waals surface area contributed by atoms with Gasteiger partial charge in [0, 0.05) is 39.5 Å². The Kier molecular flexibility index (Phi) is 5.00. The lowest BCUT2D eigenvalue weighted by molar-refractivity contribution is 0.0927. The zero-order valence-corrected chi connectivity index (χ0v) is 21.2. The molecular weight excluding hydrogens is 492 g/mol. The largest absolute Gasteiger partial charge is 0.343 e. The van der Waals surface area contributed by atoms with Gasteiger partial charge < -0.3 is 4.57 Å². The van der Waals surface area contributed by atoms with Crippen LogP contribution in [0.2, 0.25) is 5.02 Å². The van der Waals surface area contributed by atoms with Crippen LogP contribution in [0.25, 0.3) is 44.1 Å². The van der Waals surface area contributed by atoms with Crippen LogP contribution in [-0.2, 0) is 7.05 Å². The maximum absolute atomic E-state index is 14.3. The summed E-state index contributed by atoms with van der Waals surface area (Å²) in [5.41, 5.74) is 6.73. The lowest BCUT2D eigenvalue weighted by Crippen LogP contribution is -2.29. The Morgan fingerprint density at radius 1 is 0.605 bits per heavy atom. The van der Waals surface area contributed by atoms with E-state index in [-0.39, 0.29) is 11.8 Å². The Balaban J connectivity index is 1.74. The summed E-state index contributed by atoms with van der Waals surface area (Å²) in [4.78, 5) is 29.9. The molecule has 4 nitrogen and oxygen atoms in total. The minimum absolute atomic E-state index is 0.326. The van der Waals surface area contributed by atoms with Crippen LogP contribution in [0.3, 0.4) is 0 Å². The van der Waals surface area contributed by atoms with Crippen molar-refractivity contribution in [3.05, 3.63) is 125 Å². The van der Waals surface area contributed by atoms with E-state index in [9.17, 15) is 9.59 Å². The van der Waals surface area contributed by atoms with E-state index >= 15 is 0 Å². The van der Waals surface area contributed by atoms with Crippen LogP contribution in [-0.4, -0.2) is 16.4 Å². The number of benzene rings is 5. The van der Waals surface area contributed by atoms with E-state index in [1.165, 1.54) is 4.90 Å². The van der Waals surface area contributed by atoms with E-state index in [0.29, 0.717) is 21.8 Å². The molecule has 5 aromatic carbocycles. The zero-order chi connectivity index (χ0) is 26.0. The molecule has 0 bridgehead atoms. The van der Waals surface area contributed by atoms with Gasteiger partial charge in [-0.15, -0.1) is 0 Å². The van der Waals surface area contributed by atoms with Crippen LogP contribution < -0.4 is 4.90 Å². The third-order valence-corrected chi connectivity index (χ3v) is 7.61. The summed E-state index contributed by atoms with van der Waals surface area (Å²) in [7, 11) is 2.00. The number of aromatic nitrogens is 1. The van der Waals surface area contributed by atoms with Crippen LogP contribution in [0.15, 0.2) is 109 Å². The fourth-order valence-electron chi connectivity index (χ4n) is 5.79. The second-order valence-corrected chi connectivity index (χ2v) is 9.89. The van der Waals surface area contributed by atoms with E-state index < -0.39 is 0 Å². The quantitative estimate of drug-likeness (QED) is 0.225. The maximum Gasteiger partial charge on any atom is 0.266 e. The van der Waals surface area contributed by atoms with Crippen molar-refractivity contribution in [3.8, 4) is 22.3 Å². The molecule has 0 saturated heterocycles. The molecule has 1 aromatic heterocycles. The summed E-state index contributed by atoms with van der Waals surface area (Å²) in [6.45, 7) is 0. The number of hydrogen-bond donors (Lipinski definition) is 0. The molecule has 0 N–H and O–H groups in total. The van der Waals surface area contributed by atoms with Crippen molar-refractivity contribution in [2.75, 3.05) is 4.90 Å². The molecule has 7 rings (SSSR count). The number of para-hydroxylation sites is 1. The summed E-state index contributed by atoms with van der Waals surface area (Å²) in [6, 6.07) is 34.7. The Hall–Kier alpha value is -4.67. The molecule has 0 aliphatic carbocycles. The summed E-state index contributed by atoms with van der Waals surface area (Å²) >= 11 is 6.48. The number of rotatable bonds is 3. The van der Waals surface area contributed by atoms with E-state index in [0.717, 1.165) is 44.1 Å². The normalized spacial score (nSPS) is 13.1. The van der Waals surface area contributed by atoms with Crippen molar-refractivity contribution in [3.63, 3.8) is 0 Å². The first-order chi connectivity index (χ1) is 18.6. The van der Waals surface area contributed by atoms with Gasteiger partial charge in [0.2, 0.25) is 0 Å². The Morgan fingerprint density at radius 3 is 1.79 bits per heavy atom. The highest BCUT2D eigenvalue weighted by atomic mass is 35.5. The SMILES string of the molecule is Cn1c2ccc(Cl)cc2c2c3c(c(-c4ccccc4)c(-c4ccccc4)c21)C(=O)N(c1ccccc1)C3=O. The standard InChI is InChI=1S/C33H21ClN2O2/c1-35-25-18-17-22(34)19-24(25)28-30-29(32(37)36(33(30)38)23-15-9-4-10-16-23)26(20-11-5-2-6-12-20)27(31(28)35)21-13-7-3-8-14-21/h2-19H,1H3. The van der Waals surface area contributed by atoms with Gasteiger partial charge in [-0.3, -0.25) is 9.59 Å². The van der Waals surface area contributed by atoms with Gasteiger partial charge in [-0.2, -0.15) is 0 Å². The van der Waals surface area contributed by atoms with E-state index in [2.05, 4.69) is 16.7 Å². The fraction of sp³-hybridized carbons (Fsp3) is 0.0303. The van der Waals surface area contributed by atoms with E-state index in [4.69, 9.17) is 11.6 Å². The lowest BCUT2D eigenvalue weighted by Gasteiger charge is -2.17. The molecule has 0 saturated carbocycles. The van der Waals surface area contributed by atoms with E-state index in [1.807, 2.05) is 92.0 Å². The second kappa shape index (κ2) is 8.44. The fourth-order valence-corrected chi connectivity index (χ4v) is 5.96. The minimum atomic E-state index is -0.328. The maximum atomic E-state index is 14.3. The first kappa shape index (κ1) is 22.5. The molecule has 0 atom stereocenters. The number of hydrogen-bond acceptors (Lipinski definition) is 2. The summed E-state index contributed by atoms with van der Waals surface area (Å²) in [6.07, 6.45) is 0. The number of carbonyl (C=O) groups is 2. The van der Waals surface area contributed by atoms with Crippen LogP contribution in [0.1, 0.15) is 20.7 Å². The predicted molar refractivity (Wildman–Crippen MR) is 154 cm³/mol. The highest BCUT2D eigenvalue weighted by Crippen LogP contribution is 2.49. The molecule has 5 heteroatoms. The molecule has 38 heavy (non-hydrogen) atoms. The van der Waals surface area contributed by atoms with Crippen LogP contribution in [0, 0.1) is 0 Å². The Labute approximate surface area is 224 Å². The van der Waals surface area contributed by atoms with Crippen molar-refractivity contribution in [2.24, 2.45) is 7.05 Å². The topological polar surface area (TPSA) is 42.3 Å². The van der Waals surface area contributed by atoms with Crippen molar-refractivity contribution >= 4 is 50.9 Å². The highest BCUT2D eigenvalue weighted by molar-refractivity contribution is 6.43. The first-order valence-electron chi connectivity index (χ1n) is 12.4. The van der Waals surface area contributed by atoms with Gasteiger partial charge in [0.1, 0.15) is 0 Å². The van der Waals surface area contributed by atoms with Gasteiger partial charge in [0.25, 0.3) is 11.8 Å². The molecule has 1 aliphatic rings. The van der Waals surface area contributed by atoms with E-state index in [1.54, 1.807) is 12.1 Å². The Bertz CT molecular complexity index is 1910. The average molecular weight is 513 g/mol.